The maximum atomic E-state index is 4.27. The average Bonchev–Trinajstić information content (AvgIpc) is 3.08. The van der Waals surface area contributed by atoms with Gasteiger partial charge in [-0.05, 0) is 0 Å². The number of hydrogen-bond acceptors (Lipinski definition) is 0. The van der Waals surface area contributed by atoms with E-state index in [0.29, 0.717) is 0 Å². The molecule has 2 aromatic rings. The van der Waals surface area contributed by atoms with Crippen molar-refractivity contribution in [3.8, 4) is 11.1 Å². The maximum Gasteiger partial charge on any atom is -1.00 e. The molecule has 0 aliphatic heterocycles. The summed E-state index contributed by atoms with van der Waals surface area (Å²) in [5.41, 5.74) is 4.24. The molecule has 0 bridgehead atoms. The van der Waals surface area contributed by atoms with E-state index >= 15 is 0 Å². The summed E-state index contributed by atoms with van der Waals surface area (Å²) < 4.78 is 3.27. The fraction of sp³-hybridized carbons (Fsp3) is 0.0526. The van der Waals surface area contributed by atoms with Gasteiger partial charge in [0.1, 0.15) is 0 Å². The number of halogens is 2. The van der Waals surface area contributed by atoms with Crippen LogP contribution in [0.5, 0.6) is 0 Å². The van der Waals surface area contributed by atoms with E-state index in [0.717, 1.165) is 6.42 Å². The van der Waals surface area contributed by atoms with Crippen molar-refractivity contribution in [2.24, 2.45) is 0 Å². The first kappa shape index (κ1) is 17.5. The summed E-state index contributed by atoms with van der Waals surface area (Å²) in [5, 5.41) is 2.61. The molecule has 2 aliphatic carbocycles. The zero-order valence-corrected chi connectivity index (χ0v) is 15.9. The third-order valence-corrected chi connectivity index (χ3v) is 7.54. The van der Waals surface area contributed by atoms with E-state index in [9.17, 15) is 0 Å². The van der Waals surface area contributed by atoms with E-state index in [-0.39, 0.29) is 24.8 Å². The van der Waals surface area contributed by atoms with Gasteiger partial charge < -0.3 is 24.8 Å². The zero-order chi connectivity index (χ0) is 13.5. The van der Waals surface area contributed by atoms with Crippen molar-refractivity contribution in [1.29, 1.82) is 0 Å². The molecular formula is C19H14Cl2Zr. The zero-order valence-electron chi connectivity index (χ0n) is 11.9. The molecule has 0 atom stereocenters. The molecule has 108 valence electrons. The van der Waals surface area contributed by atoms with Crippen molar-refractivity contribution in [1.82, 2.24) is 0 Å². The van der Waals surface area contributed by atoms with E-state index < -0.39 is 23.2 Å². The number of hydrogen-bond donors (Lipinski definition) is 0. The Morgan fingerprint density at radius 3 is 2.32 bits per heavy atom. The third-order valence-electron chi connectivity index (χ3n) is 3.94. The topological polar surface area (TPSA) is 0 Å². The maximum absolute atomic E-state index is 4.27. The molecule has 0 nitrogen and oxygen atoms in total. The van der Waals surface area contributed by atoms with Crippen LogP contribution in [0.4, 0.5) is 0 Å². The number of rotatable bonds is 2. The molecule has 3 heteroatoms. The number of allylic oxidation sites excluding steroid dienone is 4. The van der Waals surface area contributed by atoms with Crippen LogP contribution >= 0.6 is 0 Å². The second-order valence-corrected chi connectivity index (χ2v) is 8.63. The Morgan fingerprint density at radius 2 is 1.59 bits per heavy atom. The first-order valence-electron chi connectivity index (χ1n) is 6.89. The number of benzene rings is 2. The second-order valence-electron chi connectivity index (χ2n) is 5.21. The van der Waals surface area contributed by atoms with E-state index in [2.05, 4.69) is 67.3 Å². The van der Waals surface area contributed by atoms with Crippen LogP contribution in [0, 0.1) is 0 Å². The fourth-order valence-electron chi connectivity index (χ4n) is 3.02. The summed E-state index contributed by atoms with van der Waals surface area (Å²) >= 11 is -0.720. The Bertz CT molecular complexity index is 879. The molecule has 0 N–H and O–H groups in total. The Kier molecular flexibility index (Phi) is 5.67. The average molecular weight is 404 g/mol. The van der Waals surface area contributed by atoms with Crippen LogP contribution in [-0.4, -0.2) is 0 Å². The standard InChI is InChI=1S/C14H9.C5H5.2ClH.Zr/c1-10-5-4-8-13-12-7-3-2-6-11(12)9-14(10)13;1-2-4-5-3-1;;;/h2-8H,1H2;1-3H,4H2;2*1H;/q;;;;+2/p-2. The molecule has 0 heterocycles. The third kappa shape index (κ3) is 2.83. The van der Waals surface area contributed by atoms with Crippen LogP contribution in [0.1, 0.15) is 12.0 Å². The van der Waals surface area contributed by atoms with Gasteiger partial charge in [0.05, 0.1) is 0 Å². The first-order chi connectivity index (χ1) is 9.84. The molecule has 0 radical (unpaired) electrons. The summed E-state index contributed by atoms with van der Waals surface area (Å²) in [6.07, 6.45) is 7.96. The minimum absolute atomic E-state index is 0. The Labute approximate surface area is 154 Å². The van der Waals surface area contributed by atoms with E-state index in [4.69, 9.17) is 0 Å². The summed E-state index contributed by atoms with van der Waals surface area (Å²) in [6, 6.07) is 15.4. The van der Waals surface area contributed by atoms with Crippen molar-refractivity contribution in [3.05, 3.63) is 80.0 Å². The van der Waals surface area contributed by atoms with Crippen LogP contribution < -0.4 is 35.3 Å². The van der Waals surface area contributed by atoms with Crippen LogP contribution in [0.3, 0.4) is 0 Å². The van der Waals surface area contributed by atoms with Gasteiger partial charge in [0.25, 0.3) is 0 Å². The van der Waals surface area contributed by atoms with Gasteiger partial charge in [0.2, 0.25) is 0 Å². The van der Waals surface area contributed by atoms with Gasteiger partial charge in [-0.25, -0.2) is 0 Å². The van der Waals surface area contributed by atoms with Crippen molar-refractivity contribution >= 4 is 9.86 Å². The molecule has 0 saturated carbocycles. The monoisotopic (exact) mass is 402 g/mol. The molecule has 0 spiro atoms. The van der Waals surface area contributed by atoms with Crippen molar-refractivity contribution in [2.45, 2.75) is 6.42 Å². The van der Waals surface area contributed by atoms with Crippen molar-refractivity contribution in [2.75, 3.05) is 0 Å². The SMILES string of the molecule is C=c1cccc2c1=[C]([Zr+2][C]1=CC=CC1)c1ccccc1-2.[Cl-].[Cl-]. The molecule has 0 aromatic heterocycles. The minimum atomic E-state index is -0.720. The molecule has 0 unspecified atom stereocenters. The van der Waals surface area contributed by atoms with Crippen molar-refractivity contribution < 1.29 is 48.0 Å². The second kappa shape index (κ2) is 7.13. The predicted molar refractivity (Wildman–Crippen MR) is 81.0 cm³/mol. The molecule has 0 amide bonds. The molecule has 0 saturated heterocycles. The molecular weight excluding hydrogens is 390 g/mol. The molecule has 0 fully saturated rings. The molecule has 2 aromatic carbocycles. The Balaban J connectivity index is 0.000000882. The summed E-state index contributed by atoms with van der Waals surface area (Å²) in [4.78, 5) is 0. The minimum Gasteiger partial charge on any atom is -1.00 e. The van der Waals surface area contributed by atoms with Gasteiger partial charge in [-0.1, -0.05) is 0 Å². The van der Waals surface area contributed by atoms with Gasteiger partial charge in [0, 0.05) is 0 Å². The van der Waals surface area contributed by atoms with Gasteiger partial charge in [-0.3, -0.25) is 0 Å². The summed E-state index contributed by atoms with van der Waals surface area (Å²) in [5.74, 6) is 0. The van der Waals surface area contributed by atoms with E-state index in [1.807, 2.05) is 0 Å². The largest absolute Gasteiger partial charge is 1.00 e. The quantitative estimate of drug-likeness (QED) is 0.506. The van der Waals surface area contributed by atoms with E-state index in [1.54, 1.807) is 6.56 Å². The van der Waals surface area contributed by atoms with Gasteiger partial charge in [0.15, 0.2) is 0 Å². The Morgan fingerprint density at radius 1 is 0.864 bits per heavy atom. The Hall–Kier alpha value is -0.877. The van der Waals surface area contributed by atoms with Gasteiger partial charge >= 0.3 is 131 Å². The normalized spacial score (nSPS) is 13.5. The molecule has 22 heavy (non-hydrogen) atoms. The van der Waals surface area contributed by atoms with Crippen molar-refractivity contribution in [3.63, 3.8) is 0 Å². The first-order valence-corrected chi connectivity index (χ1v) is 9.35. The fourth-order valence-corrected chi connectivity index (χ4v) is 6.69. The van der Waals surface area contributed by atoms with Gasteiger partial charge in [-0.2, -0.15) is 0 Å². The van der Waals surface area contributed by atoms with Crippen LogP contribution in [-0.2, 0) is 23.2 Å². The van der Waals surface area contributed by atoms with Gasteiger partial charge in [-0.15, -0.1) is 0 Å². The summed E-state index contributed by atoms with van der Waals surface area (Å²) in [7, 11) is 0. The van der Waals surface area contributed by atoms with Crippen LogP contribution in [0.2, 0.25) is 0 Å². The number of fused-ring (bicyclic) bond motifs is 3. The van der Waals surface area contributed by atoms with Crippen LogP contribution in [0.25, 0.3) is 21.0 Å². The van der Waals surface area contributed by atoms with E-state index in [1.165, 1.54) is 27.1 Å². The smallest absolute Gasteiger partial charge is 1.00 e. The molecule has 2 aliphatic rings. The summed E-state index contributed by atoms with van der Waals surface area (Å²) in [6.45, 7) is 4.27. The molecule has 4 rings (SSSR count). The van der Waals surface area contributed by atoms with Crippen LogP contribution in [0.15, 0.2) is 64.0 Å². The predicted octanol–water partition coefficient (Wildman–Crippen LogP) is -2.83.